The summed E-state index contributed by atoms with van der Waals surface area (Å²) < 4.78 is 6.47. The fraction of sp³-hybridized carbons (Fsp3) is 0.227. The van der Waals surface area contributed by atoms with E-state index in [-0.39, 0.29) is 17.9 Å². The largest absolute Gasteiger partial charge is 0.340 e. The van der Waals surface area contributed by atoms with Crippen LogP contribution in [0.1, 0.15) is 37.8 Å². The van der Waals surface area contributed by atoms with Crippen molar-refractivity contribution in [2.45, 2.75) is 26.3 Å². The Kier molecular flexibility index (Phi) is 6.76. The highest BCUT2D eigenvalue weighted by Crippen LogP contribution is 2.26. The maximum Gasteiger partial charge on any atom is 0.249 e. The molecule has 0 aliphatic heterocycles. The van der Waals surface area contributed by atoms with Crippen LogP contribution in [-0.4, -0.2) is 16.0 Å². The Morgan fingerprint density at radius 2 is 1.89 bits per heavy atom. The number of carbonyl (C=O) groups excluding carboxylic acids is 1. The fourth-order valence-electron chi connectivity index (χ4n) is 2.70. The van der Waals surface area contributed by atoms with Crippen LogP contribution < -0.4 is 5.32 Å². The number of benzene rings is 2. The zero-order chi connectivity index (χ0) is 19.9. The second-order valence-electron chi connectivity index (χ2n) is 6.58. The third kappa shape index (κ3) is 5.16. The standard InChI is InChI=1S/C22H22BrN3O2/c1-3-15(2)20(24-19(27)14-9-16-7-5-4-6-8-16)22-25-21(26-28-22)17-10-12-18(23)13-11-17/h4-15,20H,3H2,1-2H3,(H,24,27)/b14-9+/t15-,20-/m1/s1. The van der Waals surface area contributed by atoms with Crippen LogP contribution in [0.3, 0.4) is 0 Å². The van der Waals surface area contributed by atoms with Crippen molar-refractivity contribution in [1.82, 2.24) is 15.5 Å². The summed E-state index contributed by atoms with van der Waals surface area (Å²) in [6.45, 7) is 4.12. The summed E-state index contributed by atoms with van der Waals surface area (Å²) in [4.78, 5) is 17.0. The summed E-state index contributed by atoms with van der Waals surface area (Å²) in [5, 5.41) is 7.08. The van der Waals surface area contributed by atoms with Gasteiger partial charge < -0.3 is 9.84 Å². The van der Waals surface area contributed by atoms with Crippen molar-refractivity contribution >= 4 is 27.9 Å². The quantitative estimate of drug-likeness (QED) is 0.499. The number of amides is 1. The highest BCUT2D eigenvalue weighted by Gasteiger charge is 2.25. The van der Waals surface area contributed by atoms with Gasteiger partial charge in [0.15, 0.2) is 0 Å². The summed E-state index contributed by atoms with van der Waals surface area (Å²) in [6.07, 6.45) is 4.17. The molecule has 0 saturated carbocycles. The predicted octanol–water partition coefficient (Wildman–Crippen LogP) is 5.42. The molecule has 1 aromatic heterocycles. The summed E-state index contributed by atoms with van der Waals surface area (Å²) >= 11 is 3.42. The van der Waals surface area contributed by atoms with Gasteiger partial charge in [-0.05, 0) is 41.8 Å². The average Bonchev–Trinajstić information content (AvgIpc) is 3.21. The lowest BCUT2D eigenvalue weighted by Crippen LogP contribution is -2.31. The molecule has 2 atom stereocenters. The Morgan fingerprint density at radius 1 is 1.18 bits per heavy atom. The van der Waals surface area contributed by atoms with E-state index in [0.717, 1.165) is 22.0 Å². The van der Waals surface area contributed by atoms with Gasteiger partial charge in [-0.2, -0.15) is 4.98 Å². The van der Waals surface area contributed by atoms with Gasteiger partial charge >= 0.3 is 0 Å². The number of nitrogens with one attached hydrogen (secondary N) is 1. The first kappa shape index (κ1) is 20.0. The van der Waals surface area contributed by atoms with Crippen LogP contribution in [-0.2, 0) is 4.79 Å². The number of rotatable bonds is 7. The normalized spacial score (nSPS) is 13.4. The molecule has 1 amide bonds. The molecule has 6 heteroatoms. The molecule has 0 saturated heterocycles. The Bertz CT molecular complexity index is 936. The Labute approximate surface area is 173 Å². The third-order valence-electron chi connectivity index (χ3n) is 4.55. The minimum absolute atomic E-state index is 0.146. The molecule has 28 heavy (non-hydrogen) atoms. The van der Waals surface area contributed by atoms with Gasteiger partial charge in [0.2, 0.25) is 17.6 Å². The van der Waals surface area contributed by atoms with E-state index in [1.54, 1.807) is 6.08 Å². The van der Waals surface area contributed by atoms with E-state index in [2.05, 4.69) is 45.2 Å². The van der Waals surface area contributed by atoms with Crippen LogP contribution in [0.4, 0.5) is 0 Å². The van der Waals surface area contributed by atoms with Crippen molar-refractivity contribution in [3.8, 4) is 11.4 Å². The first-order valence-electron chi connectivity index (χ1n) is 9.20. The Morgan fingerprint density at radius 3 is 2.57 bits per heavy atom. The van der Waals surface area contributed by atoms with E-state index < -0.39 is 0 Å². The minimum atomic E-state index is -0.352. The number of halogens is 1. The highest BCUT2D eigenvalue weighted by atomic mass is 79.9. The molecule has 0 spiro atoms. The van der Waals surface area contributed by atoms with Gasteiger partial charge in [-0.3, -0.25) is 4.79 Å². The average molecular weight is 440 g/mol. The number of hydrogen-bond acceptors (Lipinski definition) is 4. The van der Waals surface area contributed by atoms with Crippen LogP contribution in [0.5, 0.6) is 0 Å². The van der Waals surface area contributed by atoms with E-state index in [9.17, 15) is 4.79 Å². The SMILES string of the molecule is CC[C@@H](C)[C@@H](NC(=O)/C=C/c1ccccc1)c1nc(-c2ccc(Br)cc2)no1. The van der Waals surface area contributed by atoms with Crippen molar-refractivity contribution in [1.29, 1.82) is 0 Å². The second-order valence-corrected chi connectivity index (χ2v) is 7.49. The fourth-order valence-corrected chi connectivity index (χ4v) is 2.96. The summed E-state index contributed by atoms with van der Waals surface area (Å²) in [5.41, 5.74) is 1.82. The lowest BCUT2D eigenvalue weighted by molar-refractivity contribution is -0.117. The number of hydrogen-bond donors (Lipinski definition) is 1. The van der Waals surface area contributed by atoms with E-state index in [1.165, 1.54) is 6.08 Å². The van der Waals surface area contributed by atoms with Crippen molar-refractivity contribution in [2.24, 2.45) is 5.92 Å². The van der Waals surface area contributed by atoms with Crippen LogP contribution in [0.2, 0.25) is 0 Å². The molecule has 0 unspecified atom stereocenters. The molecular formula is C22H22BrN3O2. The minimum Gasteiger partial charge on any atom is -0.340 e. The maximum atomic E-state index is 12.4. The molecule has 0 aliphatic rings. The molecule has 5 nitrogen and oxygen atoms in total. The molecule has 0 fully saturated rings. The molecule has 3 aromatic rings. The lowest BCUT2D eigenvalue weighted by atomic mass is 9.99. The topological polar surface area (TPSA) is 68.0 Å². The van der Waals surface area contributed by atoms with Crippen molar-refractivity contribution in [3.05, 3.63) is 76.6 Å². The van der Waals surface area contributed by atoms with E-state index >= 15 is 0 Å². The van der Waals surface area contributed by atoms with Gasteiger partial charge in [-0.25, -0.2) is 0 Å². The first-order valence-corrected chi connectivity index (χ1v) is 9.99. The van der Waals surface area contributed by atoms with Crippen LogP contribution in [0.15, 0.2) is 69.7 Å². The molecular weight excluding hydrogens is 418 g/mol. The van der Waals surface area contributed by atoms with Gasteiger partial charge in [0, 0.05) is 16.1 Å². The summed E-state index contributed by atoms with van der Waals surface area (Å²) in [5.74, 6) is 0.864. The number of nitrogens with zero attached hydrogens (tertiary/aromatic N) is 2. The van der Waals surface area contributed by atoms with Crippen molar-refractivity contribution in [3.63, 3.8) is 0 Å². The van der Waals surface area contributed by atoms with Crippen LogP contribution in [0.25, 0.3) is 17.5 Å². The monoisotopic (exact) mass is 439 g/mol. The van der Waals surface area contributed by atoms with Gasteiger partial charge in [-0.15, -0.1) is 0 Å². The van der Waals surface area contributed by atoms with Gasteiger partial charge in [0.1, 0.15) is 6.04 Å². The molecule has 2 aromatic carbocycles. The molecule has 0 radical (unpaired) electrons. The van der Waals surface area contributed by atoms with Crippen molar-refractivity contribution < 1.29 is 9.32 Å². The van der Waals surface area contributed by atoms with E-state index in [4.69, 9.17) is 4.52 Å². The Hall–Kier alpha value is -2.73. The summed E-state index contributed by atoms with van der Waals surface area (Å²) in [7, 11) is 0. The highest BCUT2D eigenvalue weighted by molar-refractivity contribution is 9.10. The van der Waals surface area contributed by atoms with Crippen LogP contribution >= 0.6 is 15.9 Å². The Balaban J connectivity index is 1.76. The van der Waals surface area contributed by atoms with Crippen molar-refractivity contribution in [2.75, 3.05) is 0 Å². The van der Waals surface area contributed by atoms with E-state index in [1.807, 2.05) is 54.6 Å². The maximum absolute atomic E-state index is 12.4. The van der Waals surface area contributed by atoms with Crippen LogP contribution in [0, 0.1) is 5.92 Å². The predicted molar refractivity (Wildman–Crippen MR) is 113 cm³/mol. The molecule has 3 rings (SSSR count). The summed E-state index contributed by atoms with van der Waals surface area (Å²) in [6, 6.07) is 17.0. The molecule has 1 heterocycles. The lowest BCUT2D eigenvalue weighted by Gasteiger charge is -2.19. The second kappa shape index (κ2) is 9.46. The molecule has 1 N–H and O–H groups in total. The first-order chi connectivity index (χ1) is 13.6. The number of aromatic nitrogens is 2. The zero-order valence-corrected chi connectivity index (χ0v) is 17.4. The smallest absolute Gasteiger partial charge is 0.249 e. The van der Waals surface area contributed by atoms with Gasteiger partial charge in [0.05, 0.1) is 0 Å². The molecule has 0 aliphatic carbocycles. The van der Waals surface area contributed by atoms with Gasteiger partial charge in [-0.1, -0.05) is 71.7 Å². The number of carbonyl (C=O) groups is 1. The van der Waals surface area contributed by atoms with E-state index in [0.29, 0.717) is 11.7 Å². The molecule has 0 bridgehead atoms. The van der Waals surface area contributed by atoms with Gasteiger partial charge in [0.25, 0.3) is 0 Å². The zero-order valence-electron chi connectivity index (χ0n) is 15.8. The third-order valence-corrected chi connectivity index (χ3v) is 5.08. The molecule has 144 valence electrons.